The predicted molar refractivity (Wildman–Crippen MR) is 84.4 cm³/mol. The minimum absolute atomic E-state index is 0.0439. The highest BCUT2D eigenvalue weighted by atomic mass is 79.9. The minimum Gasteiger partial charge on any atom is -0.469 e. The molecule has 1 saturated carbocycles. The van der Waals surface area contributed by atoms with Crippen LogP contribution in [0.4, 0.5) is 0 Å². The van der Waals surface area contributed by atoms with Crippen LogP contribution < -0.4 is 5.32 Å². The first kappa shape index (κ1) is 16.3. The highest BCUT2D eigenvalue weighted by molar-refractivity contribution is 9.10. The number of benzene rings is 1. The van der Waals surface area contributed by atoms with Gasteiger partial charge >= 0.3 is 5.97 Å². The van der Waals surface area contributed by atoms with Crippen LogP contribution in [0.1, 0.15) is 36.0 Å². The van der Waals surface area contributed by atoms with Crippen LogP contribution in [0.3, 0.4) is 0 Å². The Bertz CT molecular complexity index is 542. The topological polar surface area (TPSA) is 55.4 Å². The highest BCUT2D eigenvalue weighted by Gasteiger charge is 2.28. The van der Waals surface area contributed by atoms with Crippen molar-refractivity contribution >= 4 is 39.4 Å². The maximum Gasteiger partial charge on any atom is 0.308 e. The quantitative estimate of drug-likeness (QED) is 0.823. The molecule has 1 aliphatic rings. The molecule has 2 rings (SSSR count). The van der Waals surface area contributed by atoms with E-state index in [1.165, 1.54) is 7.11 Å². The zero-order valence-corrected chi connectivity index (χ0v) is 14.0. The Labute approximate surface area is 137 Å². The SMILES string of the molecule is COC(=O)C1CCC(NC(=O)c2cc(Br)ccc2Cl)CC1. The molecule has 1 aliphatic carbocycles. The Kier molecular flexibility index (Phi) is 5.65. The first-order valence-corrected chi connectivity index (χ1v) is 8.02. The molecule has 1 amide bonds. The molecule has 21 heavy (non-hydrogen) atoms. The van der Waals surface area contributed by atoms with Gasteiger partial charge in [0, 0.05) is 10.5 Å². The Morgan fingerprint density at radius 3 is 2.57 bits per heavy atom. The van der Waals surface area contributed by atoms with E-state index in [9.17, 15) is 9.59 Å². The van der Waals surface area contributed by atoms with Crippen LogP contribution in [0.2, 0.25) is 5.02 Å². The lowest BCUT2D eigenvalue weighted by atomic mass is 9.86. The summed E-state index contributed by atoms with van der Waals surface area (Å²) in [7, 11) is 1.41. The molecule has 6 heteroatoms. The monoisotopic (exact) mass is 373 g/mol. The van der Waals surface area contributed by atoms with Crippen LogP contribution in [0.25, 0.3) is 0 Å². The van der Waals surface area contributed by atoms with Crippen LogP contribution in [0.15, 0.2) is 22.7 Å². The summed E-state index contributed by atoms with van der Waals surface area (Å²) in [5, 5.41) is 3.41. The van der Waals surface area contributed by atoms with E-state index in [1.807, 2.05) is 0 Å². The lowest BCUT2D eigenvalue weighted by molar-refractivity contribution is -0.146. The number of carbonyl (C=O) groups is 2. The smallest absolute Gasteiger partial charge is 0.308 e. The third-order valence-corrected chi connectivity index (χ3v) is 4.59. The molecule has 0 aromatic heterocycles. The third-order valence-electron chi connectivity index (χ3n) is 3.77. The number of methoxy groups -OCH3 is 1. The van der Waals surface area contributed by atoms with Crippen LogP contribution in [0.5, 0.6) is 0 Å². The summed E-state index contributed by atoms with van der Waals surface area (Å²) in [6, 6.07) is 5.26. The molecule has 4 nitrogen and oxygen atoms in total. The van der Waals surface area contributed by atoms with Crippen molar-refractivity contribution in [1.29, 1.82) is 0 Å². The van der Waals surface area contributed by atoms with E-state index < -0.39 is 0 Å². The van der Waals surface area contributed by atoms with Crippen molar-refractivity contribution < 1.29 is 14.3 Å². The van der Waals surface area contributed by atoms with Gasteiger partial charge in [-0.1, -0.05) is 27.5 Å². The van der Waals surface area contributed by atoms with Gasteiger partial charge in [-0.25, -0.2) is 0 Å². The Morgan fingerprint density at radius 1 is 1.29 bits per heavy atom. The van der Waals surface area contributed by atoms with E-state index in [-0.39, 0.29) is 23.8 Å². The summed E-state index contributed by atoms with van der Waals surface area (Å²) >= 11 is 9.38. The second-order valence-electron chi connectivity index (χ2n) is 5.17. The predicted octanol–water partition coefficient (Wildman–Crippen LogP) is 3.56. The molecule has 1 aromatic carbocycles. The van der Waals surface area contributed by atoms with Crippen LogP contribution in [-0.4, -0.2) is 25.0 Å². The second kappa shape index (κ2) is 7.27. The number of hydrogen-bond acceptors (Lipinski definition) is 3. The molecular weight excluding hydrogens is 358 g/mol. The summed E-state index contributed by atoms with van der Waals surface area (Å²) in [6.07, 6.45) is 3.03. The zero-order chi connectivity index (χ0) is 15.4. The van der Waals surface area contributed by atoms with Crippen molar-refractivity contribution in [3.05, 3.63) is 33.3 Å². The fourth-order valence-electron chi connectivity index (χ4n) is 2.57. The molecular formula is C15H17BrClNO3. The Balaban J connectivity index is 1.93. The van der Waals surface area contributed by atoms with Gasteiger partial charge in [-0.3, -0.25) is 9.59 Å². The number of carbonyl (C=O) groups excluding carboxylic acids is 2. The van der Waals surface area contributed by atoms with Gasteiger partial charge in [0.2, 0.25) is 0 Å². The largest absolute Gasteiger partial charge is 0.469 e. The van der Waals surface area contributed by atoms with E-state index in [1.54, 1.807) is 18.2 Å². The van der Waals surface area contributed by atoms with Crippen LogP contribution in [-0.2, 0) is 9.53 Å². The molecule has 0 atom stereocenters. The molecule has 0 spiro atoms. The zero-order valence-electron chi connectivity index (χ0n) is 11.7. The number of rotatable bonds is 3. The fourth-order valence-corrected chi connectivity index (χ4v) is 3.14. The van der Waals surface area contributed by atoms with Crippen molar-refractivity contribution in [3.63, 3.8) is 0 Å². The number of halogens is 2. The van der Waals surface area contributed by atoms with Gasteiger partial charge in [0.05, 0.1) is 23.6 Å². The van der Waals surface area contributed by atoms with Crippen LogP contribution >= 0.6 is 27.5 Å². The molecule has 0 bridgehead atoms. The molecule has 0 radical (unpaired) electrons. The average molecular weight is 375 g/mol. The molecule has 1 fully saturated rings. The lowest BCUT2D eigenvalue weighted by Gasteiger charge is -2.27. The normalized spacial score (nSPS) is 21.7. The molecule has 0 heterocycles. The van der Waals surface area contributed by atoms with Crippen molar-refractivity contribution in [3.8, 4) is 0 Å². The van der Waals surface area contributed by atoms with E-state index in [0.717, 1.165) is 30.2 Å². The standard InChI is InChI=1S/C15H17BrClNO3/c1-21-15(20)9-2-5-11(6-3-9)18-14(19)12-8-10(16)4-7-13(12)17/h4,7-9,11H,2-3,5-6H2,1H3,(H,18,19). The Morgan fingerprint density at radius 2 is 1.95 bits per heavy atom. The number of amides is 1. The summed E-state index contributed by atoms with van der Waals surface area (Å²) in [5.41, 5.74) is 0.459. The van der Waals surface area contributed by atoms with Gasteiger partial charge in [0.15, 0.2) is 0 Å². The number of esters is 1. The number of ether oxygens (including phenoxy) is 1. The fraction of sp³-hybridized carbons (Fsp3) is 0.467. The van der Waals surface area contributed by atoms with Crippen LogP contribution in [0, 0.1) is 5.92 Å². The van der Waals surface area contributed by atoms with Crippen molar-refractivity contribution in [2.75, 3.05) is 7.11 Å². The third kappa shape index (κ3) is 4.20. The van der Waals surface area contributed by atoms with Gasteiger partial charge in [0.25, 0.3) is 5.91 Å². The molecule has 1 N–H and O–H groups in total. The summed E-state index contributed by atoms with van der Waals surface area (Å²) in [6.45, 7) is 0. The van der Waals surface area contributed by atoms with Crippen molar-refractivity contribution in [1.82, 2.24) is 5.32 Å². The van der Waals surface area contributed by atoms with Crippen molar-refractivity contribution in [2.45, 2.75) is 31.7 Å². The maximum atomic E-state index is 12.2. The van der Waals surface area contributed by atoms with E-state index in [2.05, 4.69) is 21.2 Å². The minimum atomic E-state index is -0.178. The lowest BCUT2D eigenvalue weighted by Crippen LogP contribution is -2.39. The van der Waals surface area contributed by atoms with Gasteiger partial charge in [-0.15, -0.1) is 0 Å². The summed E-state index contributed by atoms with van der Waals surface area (Å²) in [4.78, 5) is 23.7. The highest BCUT2D eigenvalue weighted by Crippen LogP contribution is 2.26. The molecule has 1 aromatic rings. The van der Waals surface area contributed by atoms with Gasteiger partial charge < -0.3 is 10.1 Å². The number of nitrogens with one attached hydrogen (secondary N) is 1. The molecule has 0 aliphatic heterocycles. The summed E-state index contributed by atoms with van der Waals surface area (Å²) in [5.74, 6) is -0.379. The molecule has 0 saturated heterocycles. The number of hydrogen-bond donors (Lipinski definition) is 1. The van der Waals surface area contributed by atoms with E-state index in [0.29, 0.717) is 10.6 Å². The summed E-state index contributed by atoms with van der Waals surface area (Å²) < 4.78 is 5.57. The second-order valence-corrected chi connectivity index (χ2v) is 6.49. The van der Waals surface area contributed by atoms with Crippen molar-refractivity contribution in [2.24, 2.45) is 5.92 Å². The Hall–Kier alpha value is -1.07. The average Bonchev–Trinajstić information content (AvgIpc) is 2.49. The first-order chi connectivity index (χ1) is 10.0. The van der Waals surface area contributed by atoms with Gasteiger partial charge in [-0.05, 0) is 43.9 Å². The maximum absolute atomic E-state index is 12.2. The van der Waals surface area contributed by atoms with E-state index in [4.69, 9.17) is 16.3 Å². The first-order valence-electron chi connectivity index (χ1n) is 6.85. The van der Waals surface area contributed by atoms with E-state index >= 15 is 0 Å². The molecule has 114 valence electrons. The van der Waals surface area contributed by atoms with Gasteiger partial charge in [0.1, 0.15) is 0 Å². The molecule has 0 unspecified atom stereocenters. The van der Waals surface area contributed by atoms with Gasteiger partial charge in [-0.2, -0.15) is 0 Å².